The van der Waals surface area contributed by atoms with Crippen molar-refractivity contribution in [1.29, 1.82) is 0 Å². The number of hydrogen-bond acceptors (Lipinski definition) is 0. The van der Waals surface area contributed by atoms with Crippen molar-refractivity contribution in [3.8, 4) is 0 Å². The molecule has 2 N–H and O–H groups in total. The van der Waals surface area contributed by atoms with Gasteiger partial charge in [-0.1, -0.05) is 18.6 Å². The van der Waals surface area contributed by atoms with Crippen molar-refractivity contribution in [2.45, 2.75) is 63.3 Å². The molecule has 1 spiro atoms. The average molecular weight is 290 g/mol. The molecule has 0 bridgehead atoms. The molecule has 1 aromatic rings. The number of benzene rings is 1. The van der Waals surface area contributed by atoms with Gasteiger partial charge in [0.15, 0.2) is 0 Å². The van der Waals surface area contributed by atoms with Crippen molar-refractivity contribution in [2.24, 2.45) is 0 Å². The number of fused-ring (bicyclic) bond motifs is 3. The van der Waals surface area contributed by atoms with Crippen LogP contribution in [-0.2, 0) is 0 Å². The highest BCUT2D eigenvalue weighted by molar-refractivity contribution is 5.78. The van der Waals surface area contributed by atoms with Crippen LogP contribution in [-0.4, -0.2) is 5.54 Å². The van der Waals surface area contributed by atoms with Gasteiger partial charge in [-0.2, -0.15) is 0 Å². The molecule has 108 valence electrons. The Labute approximate surface area is 128 Å². The van der Waals surface area contributed by atoms with Crippen LogP contribution in [0.4, 0.5) is 5.69 Å². The van der Waals surface area contributed by atoms with Gasteiger partial charge in [-0.15, -0.1) is 0 Å². The third-order valence-corrected chi connectivity index (χ3v) is 5.53. The van der Waals surface area contributed by atoms with E-state index in [4.69, 9.17) is 0 Å². The van der Waals surface area contributed by atoms with Crippen LogP contribution < -0.4 is 17.7 Å². The molecule has 2 heteroatoms. The van der Waals surface area contributed by atoms with Gasteiger partial charge in [-0.25, -0.2) is 0 Å². The summed E-state index contributed by atoms with van der Waals surface area (Å²) >= 11 is 0. The van der Waals surface area contributed by atoms with Crippen molar-refractivity contribution < 1.29 is 17.7 Å². The highest BCUT2D eigenvalue weighted by Crippen LogP contribution is 2.46. The minimum absolute atomic E-state index is 0. The Morgan fingerprint density at radius 2 is 1.60 bits per heavy atom. The zero-order valence-electron chi connectivity index (χ0n) is 12.1. The number of allylic oxidation sites excluding steroid dienone is 1. The lowest BCUT2D eigenvalue weighted by Gasteiger charge is -2.43. The van der Waals surface area contributed by atoms with E-state index in [2.05, 4.69) is 29.6 Å². The van der Waals surface area contributed by atoms with Crippen LogP contribution in [0.1, 0.15) is 63.4 Å². The normalized spacial score (nSPS) is 23.8. The first-order chi connectivity index (χ1) is 9.39. The van der Waals surface area contributed by atoms with E-state index in [1.807, 2.05) is 5.57 Å². The van der Waals surface area contributed by atoms with Gasteiger partial charge in [0, 0.05) is 18.4 Å². The summed E-state index contributed by atoms with van der Waals surface area (Å²) in [4.78, 5) is 0. The Hall–Kier alpha value is -0.790. The molecule has 0 saturated heterocycles. The molecular formula is C18H24ClN. The van der Waals surface area contributed by atoms with E-state index in [0.29, 0.717) is 5.54 Å². The van der Waals surface area contributed by atoms with E-state index in [9.17, 15) is 0 Å². The van der Waals surface area contributed by atoms with Crippen LogP contribution in [0.5, 0.6) is 0 Å². The fourth-order valence-electron chi connectivity index (χ4n) is 4.66. The number of quaternary nitrogens is 1. The second kappa shape index (κ2) is 5.54. The third-order valence-electron chi connectivity index (χ3n) is 5.53. The molecule has 1 aliphatic heterocycles. The van der Waals surface area contributed by atoms with Gasteiger partial charge in [0.1, 0.15) is 11.2 Å². The van der Waals surface area contributed by atoms with Crippen molar-refractivity contribution in [3.63, 3.8) is 0 Å². The second-order valence-electron chi connectivity index (χ2n) is 6.61. The molecule has 0 amide bonds. The molecule has 0 aromatic heterocycles. The molecular weight excluding hydrogens is 266 g/mol. The molecule has 0 radical (unpaired) electrons. The van der Waals surface area contributed by atoms with Crippen molar-refractivity contribution >= 4 is 11.3 Å². The van der Waals surface area contributed by atoms with Crippen LogP contribution in [0.2, 0.25) is 0 Å². The molecule has 1 aromatic carbocycles. The van der Waals surface area contributed by atoms with Crippen molar-refractivity contribution in [1.82, 2.24) is 0 Å². The van der Waals surface area contributed by atoms with E-state index in [1.165, 1.54) is 63.5 Å². The smallest absolute Gasteiger partial charge is 0.137 e. The highest BCUT2D eigenvalue weighted by atomic mass is 35.5. The average Bonchev–Trinajstić information content (AvgIpc) is 2.49. The molecule has 0 unspecified atom stereocenters. The predicted octanol–water partition coefficient (Wildman–Crippen LogP) is 0.930. The van der Waals surface area contributed by atoms with Gasteiger partial charge in [-0.05, 0) is 61.8 Å². The highest BCUT2D eigenvalue weighted by Gasteiger charge is 2.45. The van der Waals surface area contributed by atoms with E-state index >= 15 is 0 Å². The van der Waals surface area contributed by atoms with Gasteiger partial charge >= 0.3 is 0 Å². The number of hydrogen-bond donors (Lipinski definition) is 1. The maximum atomic E-state index is 2.64. The SMILES string of the molecule is [Cl-].c1ccc2c(c1)[NH2+]C1(CCCCC1)C1=C2CCCC1. The van der Waals surface area contributed by atoms with E-state index < -0.39 is 0 Å². The first kappa shape index (κ1) is 14.2. The lowest BCUT2D eigenvalue weighted by molar-refractivity contribution is -0.650. The van der Waals surface area contributed by atoms with Gasteiger partial charge in [-0.3, -0.25) is 0 Å². The fraction of sp³-hybridized carbons (Fsp3) is 0.556. The monoisotopic (exact) mass is 289 g/mol. The molecule has 2 aliphatic carbocycles. The van der Waals surface area contributed by atoms with E-state index in [-0.39, 0.29) is 12.4 Å². The molecule has 3 aliphatic rings. The van der Waals surface area contributed by atoms with Crippen LogP contribution in [0.25, 0.3) is 5.57 Å². The Morgan fingerprint density at radius 3 is 2.45 bits per heavy atom. The first-order valence-corrected chi connectivity index (χ1v) is 8.07. The fourth-order valence-corrected chi connectivity index (χ4v) is 4.66. The van der Waals surface area contributed by atoms with Gasteiger partial charge in [0.2, 0.25) is 0 Å². The Bertz CT molecular complexity index is 526. The minimum atomic E-state index is 0. The Balaban J connectivity index is 0.00000121. The topological polar surface area (TPSA) is 16.6 Å². The molecule has 1 heterocycles. The van der Waals surface area contributed by atoms with Crippen molar-refractivity contribution in [2.75, 3.05) is 0 Å². The summed E-state index contributed by atoms with van der Waals surface area (Å²) in [5.74, 6) is 0. The standard InChI is InChI=1S/C18H23N.ClH/c1-6-12-18(13-7-1)16-10-4-2-8-14(16)15-9-3-5-11-17(15)19-18;/h3,5,9,11,19H,1-2,4,6-8,10,12-13H2;1H. The summed E-state index contributed by atoms with van der Waals surface area (Å²) in [6, 6.07) is 9.11. The van der Waals surface area contributed by atoms with Crippen LogP contribution in [0.15, 0.2) is 29.8 Å². The summed E-state index contributed by atoms with van der Waals surface area (Å²) in [5, 5.41) is 2.64. The molecule has 4 rings (SSSR count). The molecule has 1 fully saturated rings. The minimum Gasteiger partial charge on any atom is -1.00 e. The van der Waals surface area contributed by atoms with E-state index in [1.54, 1.807) is 11.1 Å². The van der Waals surface area contributed by atoms with Gasteiger partial charge < -0.3 is 17.7 Å². The third kappa shape index (κ3) is 2.12. The summed E-state index contributed by atoms with van der Waals surface area (Å²) in [6.45, 7) is 0. The molecule has 20 heavy (non-hydrogen) atoms. The summed E-state index contributed by atoms with van der Waals surface area (Å²) in [6.07, 6.45) is 12.6. The van der Waals surface area contributed by atoms with Crippen molar-refractivity contribution in [3.05, 3.63) is 35.4 Å². The molecule has 1 nitrogen and oxygen atoms in total. The number of para-hydroxylation sites is 1. The number of halogens is 1. The van der Waals surface area contributed by atoms with Gasteiger partial charge in [0.25, 0.3) is 0 Å². The summed E-state index contributed by atoms with van der Waals surface area (Å²) < 4.78 is 0. The zero-order valence-corrected chi connectivity index (χ0v) is 12.9. The lowest BCUT2D eigenvalue weighted by atomic mass is 9.67. The van der Waals surface area contributed by atoms with Crippen LogP contribution in [0, 0.1) is 0 Å². The van der Waals surface area contributed by atoms with Gasteiger partial charge in [0.05, 0.1) is 0 Å². The summed E-state index contributed by atoms with van der Waals surface area (Å²) in [7, 11) is 0. The maximum Gasteiger partial charge on any atom is 0.137 e. The van der Waals surface area contributed by atoms with Crippen LogP contribution >= 0.6 is 0 Å². The number of rotatable bonds is 0. The van der Waals surface area contributed by atoms with E-state index in [0.717, 1.165) is 0 Å². The second-order valence-corrected chi connectivity index (χ2v) is 6.61. The lowest BCUT2D eigenvalue weighted by Crippen LogP contribution is -3.00. The molecule has 0 atom stereocenters. The predicted molar refractivity (Wildman–Crippen MR) is 79.2 cm³/mol. The summed E-state index contributed by atoms with van der Waals surface area (Å²) in [5.41, 5.74) is 7.07. The Kier molecular flexibility index (Phi) is 3.92. The largest absolute Gasteiger partial charge is 1.00 e. The molecule has 1 saturated carbocycles. The quantitative estimate of drug-likeness (QED) is 0.685. The Morgan fingerprint density at radius 1 is 0.850 bits per heavy atom. The first-order valence-electron chi connectivity index (χ1n) is 8.07. The zero-order chi connectivity index (χ0) is 12.7. The number of nitrogens with two attached hydrogens (primary N) is 1. The van der Waals surface area contributed by atoms with Crippen LogP contribution in [0.3, 0.4) is 0 Å². The maximum absolute atomic E-state index is 2.64.